The van der Waals surface area contributed by atoms with Gasteiger partial charge in [0.1, 0.15) is 0 Å². The highest BCUT2D eigenvalue weighted by Gasteiger charge is 2.18. The highest BCUT2D eigenvalue weighted by molar-refractivity contribution is 7.15. The maximum absolute atomic E-state index is 10.7. The molecular formula is C10H7Cl2N3O3S. The van der Waals surface area contributed by atoms with E-state index in [0.29, 0.717) is 11.0 Å². The number of halogens is 2. The highest BCUT2D eigenvalue weighted by Crippen LogP contribution is 2.37. The maximum atomic E-state index is 10.7. The van der Waals surface area contributed by atoms with E-state index >= 15 is 0 Å². The van der Waals surface area contributed by atoms with Crippen LogP contribution in [0.1, 0.15) is 4.88 Å². The van der Waals surface area contributed by atoms with Crippen LogP contribution in [0.2, 0.25) is 9.49 Å². The van der Waals surface area contributed by atoms with Crippen molar-refractivity contribution in [1.29, 1.82) is 0 Å². The van der Waals surface area contributed by atoms with Crippen LogP contribution in [0.5, 0.6) is 5.75 Å². The minimum atomic E-state index is -0.698. The second-order valence-corrected chi connectivity index (χ2v) is 5.65. The molecule has 0 aliphatic heterocycles. The van der Waals surface area contributed by atoms with Crippen molar-refractivity contribution < 1.29 is 10.0 Å². The number of rotatable bonds is 4. The lowest BCUT2D eigenvalue weighted by Gasteiger charge is -2.07. The van der Waals surface area contributed by atoms with Gasteiger partial charge in [0, 0.05) is 22.2 Å². The van der Waals surface area contributed by atoms with Gasteiger partial charge in [-0.1, -0.05) is 23.2 Å². The molecule has 9 heteroatoms. The number of nitro groups is 1. The zero-order chi connectivity index (χ0) is 14.0. The van der Waals surface area contributed by atoms with Gasteiger partial charge in [0.2, 0.25) is 5.75 Å². The average Bonchev–Trinajstić information content (AvgIpc) is 2.75. The first-order chi connectivity index (χ1) is 8.97. The van der Waals surface area contributed by atoms with E-state index in [2.05, 4.69) is 10.3 Å². The molecule has 6 nitrogen and oxygen atoms in total. The Morgan fingerprint density at radius 3 is 2.79 bits per heavy atom. The fourth-order valence-corrected chi connectivity index (χ4v) is 2.54. The predicted octanol–water partition coefficient (Wildman–Crippen LogP) is 3.68. The number of hydrogen-bond acceptors (Lipinski definition) is 6. The first-order valence-electron chi connectivity index (χ1n) is 4.98. The molecule has 1 aromatic carbocycles. The third-order valence-electron chi connectivity index (χ3n) is 2.23. The molecule has 0 atom stereocenters. The van der Waals surface area contributed by atoms with Gasteiger partial charge < -0.3 is 10.4 Å². The second-order valence-electron chi connectivity index (χ2n) is 3.51. The molecule has 0 aliphatic rings. The lowest BCUT2D eigenvalue weighted by molar-refractivity contribution is -0.385. The number of aromatic hydroxyl groups is 1. The summed E-state index contributed by atoms with van der Waals surface area (Å²) in [5, 5.41) is 23.5. The minimum absolute atomic E-state index is 0.161. The van der Waals surface area contributed by atoms with Gasteiger partial charge in [0.15, 0.2) is 4.47 Å². The van der Waals surface area contributed by atoms with Crippen molar-refractivity contribution in [1.82, 2.24) is 4.98 Å². The Balaban J connectivity index is 2.22. The molecule has 2 N–H and O–H groups in total. The van der Waals surface area contributed by atoms with Crippen molar-refractivity contribution in [3.05, 3.63) is 42.8 Å². The zero-order valence-corrected chi connectivity index (χ0v) is 11.6. The molecule has 0 radical (unpaired) electrons. The van der Waals surface area contributed by atoms with E-state index in [1.165, 1.54) is 17.4 Å². The molecule has 0 saturated heterocycles. The monoisotopic (exact) mass is 319 g/mol. The summed E-state index contributed by atoms with van der Waals surface area (Å²) in [6, 6.07) is 2.50. The van der Waals surface area contributed by atoms with E-state index in [9.17, 15) is 15.2 Å². The molecule has 0 fully saturated rings. The largest absolute Gasteiger partial charge is 0.501 e. The Labute approximate surface area is 121 Å². The van der Waals surface area contributed by atoms with E-state index in [1.807, 2.05) is 0 Å². The van der Waals surface area contributed by atoms with Crippen molar-refractivity contribution in [2.45, 2.75) is 6.54 Å². The molecule has 0 bridgehead atoms. The van der Waals surface area contributed by atoms with Crippen molar-refractivity contribution >= 4 is 45.9 Å². The van der Waals surface area contributed by atoms with Gasteiger partial charge in [0.25, 0.3) is 0 Å². The van der Waals surface area contributed by atoms with Crippen LogP contribution >= 0.6 is 34.5 Å². The number of benzene rings is 1. The van der Waals surface area contributed by atoms with Crippen molar-refractivity contribution in [3.63, 3.8) is 0 Å². The summed E-state index contributed by atoms with van der Waals surface area (Å²) >= 11 is 12.7. The van der Waals surface area contributed by atoms with Crippen LogP contribution in [-0.4, -0.2) is 15.0 Å². The number of phenolic OH excluding ortho intramolecular Hbond substituents is 1. The molecule has 1 heterocycles. The third kappa shape index (κ3) is 3.25. The van der Waals surface area contributed by atoms with Crippen LogP contribution in [0, 0.1) is 10.1 Å². The van der Waals surface area contributed by atoms with Crippen LogP contribution in [0.4, 0.5) is 11.4 Å². The number of anilines is 1. The number of thiazole rings is 1. The summed E-state index contributed by atoms with van der Waals surface area (Å²) in [4.78, 5) is 14.7. The lowest BCUT2D eigenvalue weighted by Crippen LogP contribution is -1.99. The molecule has 0 saturated carbocycles. The summed E-state index contributed by atoms with van der Waals surface area (Å²) < 4.78 is 0.401. The topological polar surface area (TPSA) is 88.3 Å². The molecule has 2 aromatic rings. The van der Waals surface area contributed by atoms with E-state index in [-0.39, 0.29) is 10.7 Å². The fourth-order valence-electron chi connectivity index (χ4n) is 1.41. The quantitative estimate of drug-likeness (QED) is 0.510. The van der Waals surface area contributed by atoms with Gasteiger partial charge in [-0.2, -0.15) is 0 Å². The van der Waals surface area contributed by atoms with Crippen LogP contribution < -0.4 is 5.32 Å². The standard InChI is InChI=1S/C10H7Cl2N3O3S/c11-5-1-7(9(16)8(2-5)15(17)18)13-3-6-4-14-10(12)19-6/h1-2,4,13,16H,3H2. The average molecular weight is 320 g/mol. The number of hydrogen-bond donors (Lipinski definition) is 2. The van der Waals surface area contributed by atoms with E-state index in [4.69, 9.17) is 23.2 Å². The van der Waals surface area contributed by atoms with Crippen LogP contribution in [0.3, 0.4) is 0 Å². The van der Waals surface area contributed by atoms with Gasteiger partial charge in [-0.15, -0.1) is 11.3 Å². The summed E-state index contributed by atoms with van der Waals surface area (Å²) in [6.07, 6.45) is 1.58. The molecule has 0 unspecified atom stereocenters. The smallest absolute Gasteiger partial charge is 0.314 e. The Morgan fingerprint density at radius 1 is 1.47 bits per heavy atom. The van der Waals surface area contributed by atoms with Crippen molar-refractivity contribution in [2.75, 3.05) is 5.32 Å². The molecule has 0 amide bonds. The van der Waals surface area contributed by atoms with Crippen LogP contribution in [0.15, 0.2) is 18.3 Å². The summed E-state index contributed by atoms with van der Waals surface area (Å²) in [6.45, 7) is 0.329. The summed E-state index contributed by atoms with van der Waals surface area (Å²) in [5.74, 6) is -0.454. The molecular weight excluding hydrogens is 313 g/mol. The van der Waals surface area contributed by atoms with Crippen LogP contribution in [0.25, 0.3) is 0 Å². The normalized spacial score (nSPS) is 10.4. The van der Waals surface area contributed by atoms with Crippen molar-refractivity contribution in [3.8, 4) is 5.75 Å². The molecule has 1 aromatic heterocycles. The number of phenols is 1. The summed E-state index contributed by atoms with van der Waals surface area (Å²) in [5.41, 5.74) is -0.263. The van der Waals surface area contributed by atoms with E-state index < -0.39 is 16.4 Å². The number of nitrogens with zero attached hydrogens (tertiary/aromatic N) is 2. The van der Waals surface area contributed by atoms with Gasteiger partial charge in [-0.05, 0) is 6.07 Å². The number of nitrogens with one attached hydrogen (secondary N) is 1. The van der Waals surface area contributed by atoms with Crippen LogP contribution in [-0.2, 0) is 6.54 Å². The molecule has 2 rings (SSSR count). The minimum Gasteiger partial charge on any atom is -0.501 e. The SMILES string of the molecule is O=[N+]([O-])c1cc(Cl)cc(NCc2cnc(Cl)s2)c1O. The summed E-state index contributed by atoms with van der Waals surface area (Å²) in [7, 11) is 0. The Kier molecular flexibility index (Phi) is 4.08. The Bertz CT molecular complexity index is 632. The lowest BCUT2D eigenvalue weighted by atomic mass is 10.2. The zero-order valence-electron chi connectivity index (χ0n) is 9.26. The second kappa shape index (κ2) is 5.60. The van der Waals surface area contributed by atoms with Gasteiger partial charge in [-0.3, -0.25) is 10.1 Å². The number of nitro benzene ring substituents is 1. The molecule has 0 spiro atoms. The maximum Gasteiger partial charge on any atom is 0.314 e. The van der Waals surface area contributed by atoms with Gasteiger partial charge in [-0.25, -0.2) is 4.98 Å². The van der Waals surface area contributed by atoms with Crippen molar-refractivity contribution in [2.24, 2.45) is 0 Å². The fraction of sp³-hybridized carbons (Fsp3) is 0.100. The third-order valence-corrected chi connectivity index (χ3v) is 3.56. The Hall–Kier alpha value is -1.57. The highest BCUT2D eigenvalue weighted by atomic mass is 35.5. The van der Waals surface area contributed by atoms with Gasteiger partial charge >= 0.3 is 5.69 Å². The first kappa shape index (κ1) is 13.9. The van der Waals surface area contributed by atoms with E-state index in [0.717, 1.165) is 10.9 Å². The first-order valence-corrected chi connectivity index (χ1v) is 6.55. The molecule has 19 heavy (non-hydrogen) atoms. The molecule has 0 aliphatic carbocycles. The van der Waals surface area contributed by atoms with Gasteiger partial charge in [0.05, 0.1) is 17.2 Å². The molecule has 100 valence electrons. The predicted molar refractivity (Wildman–Crippen MR) is 74.2 cm³/mol. The number of aromatic nitrogens is 1. The Morgan fingerprint density at radius 2 is 2.21 bits per heavy atom. The van der Waals surface area contributed by atoms with E-state index in [1.54, 1.807) is 6.20 Å².